The van der Waals surface area contributed by atoms with E-state index in [-0.39, 0.29) is 9.13 Å². The summed E-state index contributed by atoms with van der Waals surface area (Å²) in [4.78, 5) is 0. The molecule has 1 aromatic rings. The van der Waals surface area contributed by atoms with Crippen molar-refractivity contribution < 1.29 is 51.9 Å². The van der Waals surface area contributed by atoms with E-state index in [2.05, 4.69) is 0 Å². The van der Waals surface area contributed by atoms with Crippen LogP contribution in [0, 0.1) is 10.5 Å². The van der Waals surface area contributed by atoms with Crippen molar-refractivity contribution in [2.24, 2.45) is 0 Å². The lowest BCUT2D eigenvalue weighted by Gasteiger charge is -2.20. The van der Waals surface area contributed by atoms with E-state index in [1.165, 1.54) is 25.1 Å². The summed E-state index contributed by atoms with van der Waals surface area (Å²) in [6.45, 7) is 1.39. The van der Waals surface area contributed by atoms with Gasteiger partial charge in [-0.1, -0.05) is 18.2 Å². The average Bonchev–Trinajstić information content (AvgIpc) is 2.19. The Balaban J connectivity index is 3.06. The molecule has 0 heterocycles. The molecular weight excluding hydrogens is 380 g/mol. The molecule has 0 saturated heterocycles. The summed E-state index contributed by atoms with van der Waals surface area (Å²) in [6, 6.07) is 5.34. The highest BCUT2D eigenvalue weighted by Gasteiger charge is 2.81. The van der Waals surface area contributed by atoms with Gasteiger partial charge in [0.25, 0.3) is 0 Å². The van der Waals surface area contributed by atoms with Crippen molar-refractivity contribution in [3.8, 4) is 0 Å². The van der Waals surface area contributed by atoms with Crippen LogP contribution in [0.4, 0.5) is 30.7 Å². The molecule has 0 nitrogen and oxygen atoms in total. The Morgan fingerprint density at radius 1 is 0.889 bits per heavy atom. The normalized spacial score (nSPS) is 13.8. The second kappa shape index (κ2) is 4.86. The highest BCUT2D eigenvalue weighted by Crippen LogP contribution is 2.42. The Hall–Kier alpha value is -0.540. The molecule has 0 atom stereocenters. The van der Waals surface area contributed by atoms with Crippen LogP contribution in [0.1, 0.15) is 5.56 Å². The molecule has 0 bridgehead atoms. The number of hydrogen-bond acceptors (Lipinski definition) is 0. The topological polar surface area (TPSA) is 0 Å². The van der Waals surface area contributed by atoms with Crippen LogP contribution in [-0.4, -0.2) is 16.0 Å². The van der Waals surface area contributed by atoms with Crippen molar-refractivity contribution in [3.05, 3.63) is 33.4 Å². The van der Waals surface area contributed by atoms with Gasteiger partial charge < -0.3 is 0 Å². The molecule has 1 aromatic carbocycles. The lowest BCUT2D eigenvalue weighted by molar-refractivity contribution is -0.791. The fourth-order valence-electron chi connectivity index (χ4n) is 1.00. The minimum absolute atomic E-state index is 0.134. The third kappa shape index (κ3) is 2.89. The maximum absolute atomic E-state index is 13.1. The van der Waals surface area contributed by atoms with Crippen LogP contribution >= 0.6 is 0 Å². The number of rotatable bonds is 3. The van der Waals surface area contributed by atoms with E-state index >= 15 is 0 Å². The minimum Gasteiger partial charge on any atom is -0.185 e. The van der Waals surface area contributed by atoms with Gasteiger partial charge in [0.15, 0.2) is 3.57 Å². The van der Waals surface area contributed by atoms with Crippen molar-refractivity contribution >= 4 is 0 Å². The molecule has 0 spiro atoms. The van der Waals surface area contributed by atoms with Gasteiger partial charge in [0.1, 0.15) is 0 Å². The Morgan fingerprint density at radius 2 is 1.39 bits per heavy atom. The molecule has 0 radical (unpaired) electrons. The van der Waals surface area contributed by atoms with Gasteiger partial charge in [0.2, 0.25) is 0 Å². The summed E-state index contributed by atoms with van der Waals surface area (Å²) in [6.07, 6.45) is -6.25. The second-order valence-corrected chi connectivity index (χ2v) is 6.47. The van der Waals surface area contributed by atoms with Crippen LogP contribution in [0.2, 0.25) is 0 Å². The fraction of sp³-hybridized carbons (Fsp3) is 0.400. The zero-order valence-electron chi connectivity index (χ0n) is 8.83. The molecule has 102 valence electrons. The molecular formula is C10H7F7I+. The molecule has 0 aliphatic rings. The van der Waals surface area contributed by atoms with Gasteiger partial charge >= 0.3 is 37.2 Å². The lowest BCUT2D eigenvalue weighted by atomic mass is 10.2. The van der Waals surface area contributed by atoms with Crippen LogP contribution in [0.5, 0.6) is 0 Å². The highest BCUT2D eigenvalue weighted by atomic mass is 127. The van der Waals surface area contributed by atoms with Gasteiger partial charge in [0, 0.05) is 5.56 Å². The number of benzene rings is 1. The Bertz CT molecular complexity index is 424. The summed E-state index contributed by atoms with van der Waals surface area (Å²) in [5.74, 6) is -6.00. The van der Waals surface area contributed by atoms with Gasteiger partial charge in [-0.15, -0.1) is 8.78 Å². The lowest BCUT2D eigenvalue weighted by Crippen LogP contribution is -3.68. The minimum atomic E-state index is -6.25. The van der Waals surface area contributed by atoms with E-state index in [9.17, 15) is 30.7 Å². The molecule has 0 unspecified atom stereocenters. The van der Waals surface area contributed by atoms with E-state index in [0.29, 0.717) is 0 Å². The van der Waals surface area contributed by atoms with Crippen molar-refractivity contribution in [1.82, 2.24) is 0 Å². The average molecular weight is 387 g/mol. The van der Waals surface area contributed by atoms with Gasteiger partial charge in [0.05, 0.1) is 0 Å². The zero-order chi connectivity index (χ0) is 14.2. The Labute approximate surface area is 108 Å². The van der Waals surface area contributed by atoms with Crippen LogP contribution in [-0.2, 0) is 0 Å². The predicted molar refractivity (Wildman–Crippen MR) is 45.8 cm³/mol. The van der Waals surface area contributed by atoms with Gasteiger partial charge in [-0.3, -0.25) is 0 Å². The van der Waals surface area contributed by atoms with E-state index in [0.717, 1.165) is 6.07 Å². The first kappa shape index (κ1) is 15.5. The monoisotopic (exact) mass is 387 g/mol. The largest absolute Gasteiger partial charge is 0.520 e. The SMILES string of the molecule is Cc1ccccc1[I+]C(F)(F)C(F)(F)C(F)(F)F. The summed E-state index contributed by atoms with van der Waals surface area (Å²) >= 11 is -2.80. The van der Waals surface area contributed by atoms with Crippen molar-refractivity contribution in [2.45, 2.75) is 23.0 Å². The summed E-state index contributed by atoms with van der Waals surface area (Å²) in [5, 5.41) is 0. The first-order chi connectivity index (χ1) is 7.99. The number of aryl methyl sites for hydroxylation is 1. The quantitative estimate of drug-likeness (QED) is 0.413. The molecule has 0 amide bonds. The molecule has 0 aromatic heterocycles. The number of alkyl halides is 8. The predicted octanol–water partition coefficient (Wildman–Crippen LogP) is 1.04. The summed E-state index contributed by atoms with van der Waals surface area (Å²) in [5.41, 5.74) is 0.281. The molecule has 0 saturated carbocycles. The number of halogens is 8. The third-order valence-electron chi connectivity index (χ3n) is 2.01. The summed E-state index contributed by atoms with van der Waals surface area (Å²) < 4.78 is 82.2. The van der Waals surface area contributed by atoms with Crippen LogP contribution in [0.3, 0.4) is 0 Å². The number of hydrogen-bond donors (Lipinski definition) is 0. The maximum atomic E-state index is 13.1. The van der Waals surface area contributed by atoms with Crippen LogP contribution in [0.25, 0.3) is 0 Å². The van der Waals surface area contributed by atoms with E-state index in [1.54, 1.807) is 0 Å². The molecule has 0 fully saturated rings. The van der Waals surface area contributed by atoms with E-state index < -0.39 is 37.2 Å². The van der Waals surface area contributed by atoms with Crippen molar-refractivity contribution in [2.75, 3.05) is 0 Å². The molecule has 0 aliphatic carbocycles. The second-order valence-electron chi connectivity index (χ2n) is 3.41. The molecule has 18 heavy (non-hydrogen) atoms. The smallest absolute Gasteiger partial charge is 0.185 e. The van der Waals surface area contributed by atoms with Gasteiger partial charge in [-0.25, -0.2) is 0 Å². The highest BCUT2D eigenvalue weighted by molar-refractivity contribution is 5.11. The van der Waals surface area contributed by atoms with E-state index in [4.69, 9.17) is 0 Å². The fourth-order valence-corrected chi connectivity index (χ4v) is 3.37. The molecule has 8 heteroatoms. The third-order valence-corrected chi connectivity index (χ3v) is 5.16. The van der Waals surface area contributed by atoms with Crippen LogP contribution < -0.4 is 21.2 Å². The Morgan fingerprint density at radius 3 is 1.83 bits per heavy atom. The van der Waals surface area contributed by atoms with Crippen molar-refractivity contribution in [3.63, 3.8) is 0 Å². The molecule has 0 aliphatic heterocycles. The summed E-state index contributed by atoms with van der Waals surface area (Å²) in [7, 11) is 0. The van der Waals surface area contributed by atoms with Crippen LogP contribution in [0.15, 0.2) is 24.3 Å². The first-order valence-corrected chi connectivity index (χ1v) is 6.69. The van der Waals surface area contributed by atoms with Gasteiger partial charge in [-0.05, 0) is 13.0 Å². The first-order valence-electron chi connectivity index (χ1n) is 4.53. The standard InChI is InChI=1S/C10H7F7I/c1-6-4-2-3-5-7(6)18-10(16,17)8(11,12)9(13,14)15/h2-5H,1H3/q+1. The zero-order valence-corrected chi connectivity index (χ0v) is 11.0. The molecule has 0 N–H and O–H groups in total. The molecule has 1 rings (SSSR count). The van der Waals surface area contributed by atoms with E-state index in [1.807, 2.05) is 0 Å². The Kier molecular flexibility index (Phi) is 4.19. The van der Waals surface area contributed by atoms with Crippen molar-refractivity contribution in [1.29, 1.82) is 0 Å². The van der Waals surface area contributed by atoms with Gasteiger partial charge in [-0.2, -0.15) is 22.0 Å². The maximum Gasteiger partial charge on any atom is 0.520 e.